The number of methoxy groups -OCH3 is 1. The number of nitrogens with zero attached hydrogens (tertiary/aromatic N) is 3. The molecule has 24 heavy (non-hydrogen) atoms. The van der Waals surface area contributed by atoms with Gasteiger partial charge in [-0.15, -0.1) is 0 Å². The van der Waals surface area contributed by atoms with Crippen LogP contribution in [0.5, 0.6) is 0 Å². The Morgan fingerprint density at radius 2 is 2.08 bits per heavy atom. The average Bonchev–Trinajstić information content (AvgIpc) is 2.94. The van der Waals surface area contributed by atoms with Crippen molar-refractivity contribution in [1.82, 2.24) is 15.0 Å². The first-order valence-corrected chi connectivity index (χ1v) is 7.94. The number of rotatable bonds is 6. The quantitative estimate of drug-likeness (QED) is 0.756. The van der Waals surface area contributed by atoms with E-state index in [2.05, 4.69) is 14.9 Å². The Bertz CT molecular complexity index is 752. The van der Waals surface area contributed by atoms with E-state index in [1.54, 1.807) is 24.9 Å². The van der Waals surface area contributed by atoms with E-state index >= 15 is 0 Å². The number of aryl methyl sites for hydroxylation is 1. The second kappa shape index (κ2) is 7.42. The molecule has 0 fully saturated rings. The van der Waals surface area contributed by atoms with E-state index in [4.69, 9.17) is 4.52 Å². The number of hydrogen-bond donors (Lipinski definition) is 0. The second-order valence-electron chi connectivity index (χ2n) is 6.10. The van der Waals surface area contributed by atoms with Gasteiger partial charge in [-0.25, -0.2) is 4.98 Å². The van der Waals surface area contributed by atoms with Crippen LogP contribution >= 0.6 is 0 Å². The molecule has 1 amide bonds. The van der Waals surface area contributed by atoms with E-state index < -0.39 is 0 Å². The molecule has 0 saturated heterocycles. The molecule has 2 rings (SSSR count). The molecule has 7 nitrogen and oxygen atoms in total. The number of hydrogen-bond acceptors (Lipinski definition) is 6. The van der Waals surface area contributed by atoms with E-state index in [9.17, 15) is 9.59 Å². The normalized spacial score (nSPS) is 11.1. The van der Waals surface area contributed by atoms with Gasteiger partial charge in [0.25, 0.3) is 11.6 Å². The van der Waals surface area contributed by atoms with Crippen molar-refractivity contribution < 1.29 is 18.8 Å². The summed E-state index contributed by atoms with van der Waals surface area (Å²) >= 11 is 0. The summed E-state index contributed by atoms with van der Waals surface area (Å²) < 4.78 is 9.86. The highest BCUT2D eigenvalue weighted by atomic mass is 16.5. The molecule has 130 valence electrons. The lowest BCUT2D eigenvalue weighted by atomic mass is 10.0. The fraction of sp³-hybridized carbons (Fsp3) is 0.529. The van der Waals surface area contributed by atoms with Crippen molar-refractivity contribution in [1.29, 1.82) is 0 Å². The van der Waals surface area contributed by atoms with E-state index in [-0.39, 0.29) is 24.2 Å². The number of fused-ring (bicyclic) bond motifs is 1. The number of amides is 1. The molecule has 0 spiro atoms. The first-order chi connectivity index (χ1) is 11.3. The van der Waals surface area contributed by atoms with Crippen molar-refractivity contribution in [3.63, 3.8) is 0 Å². The van der Waals surface area contributed by atoms with E-state index in [0.717, 1.165) is 5.69 Å². The molecule has 7 heteroatoms. The molecule has 0 unspecified atom stereocenters. The van der Waals surface area contributed by atoms with Crippen LogP contribution in [0.1, 0.15) is 54.4 Å². The van der Waals surface area contributed by atoms with Gasteiger partial charge in [0.1, 0.15) is 0 Å². The summed E-state index contributed by atoms with van der Waals surface area (Å²) in [5, 5.41) is 4.57. The largest absolute Gasteiger partial charge is 0.469 e. The van der Waals surface area contributed by atoms with Gasteiger partial charge >= 0.3 is 5.97 Å². The highest BCUT2D eigenvalue weighted by Gasteiger charge is 2.22. The predicted molar refractivity (Wildman–Crippen MR) is 88.8 cm³/mol. The molecule has 0 aliphatic rings. The molecule has 2 aromatic rings. The Hall–Kier alpha value is -2.44. The molecule has 0 saturated carbocycles. The van der Waals surface area contributed by atoms with Crippen LogP contribution in [0.4, 0.5) is 0 Å². The highest BCUT2D eigenvalue weighted by Crippen LogP contribution is 2.26. The maximum absolute atomic E-state index is 12.8. The third-order valence-corrected chi connectivity index (χ3v) is 3.91. The molecule has 2 heterocycles. The summed E-state index contributed by atoms with van der Waals surface area (Å²) in [5.74, 6) is -0.254. The summed E-state index contributed by atoms with van der Waals surface area (Å²) in [7, 11) is 3.07. The summed E-state index contributed by atoms with van der Waals surface area (Å²) in [6.07, 6.45) is 0.826. The van der Waals surface area contributed by atoms with Gasteiger partial charge in [-0.2, -0.15) is 0 Å². The average molecular weight is 333 g/mol. The number of aromatic nitrogens is 2. The van der Waals surface area contributed by atoms with Crippen LogP contribution in [0, 0.1) is 6.92 Å². The Labute approximate surface area is 141 Å². The molecule has 0 radical (unpaired) electrons. The minimum absolute atomic E-state index is 0.138. The minimum Gasteiger partial charge on any atom is -0.469 e. The van der Waals surface area contributed by atoms with Crippen LogP contribution < -0.4 is 0 Å². The van der Waals surface area contributed by atoms with Gasteiger partial charge in [0, 0.05) is 25.7 Å². The SMILES string of the molecule is COC(=O)CCCN(C)C(=O)c1cc(C(C)C)nc2onc(C)c12. The number of pyridine rings is 1. The summed E-state index contributed by atoms with van der Waals surface area (Å²) in [6.45, 7) is 6.26. The summed E-state index contributed by atoms with van der Waals surface area (Å²) in [5.41, 5.74) is 2.33. The maximum Gasteiger partial charge on any atom is 0.305 e. The Balaban J connectivity index is 2.27. The van der Waals surface area contributed by atoms with Gasteiger partial charge < -0.3 is 14.2 Å². The molecular formula is C17H23N3O4. The van der Waals surface area contributed by atoms with Gasteiger partial charge in [-0.1, -0.05) is 19.0 Å². The third kappa shape index (κ3) is 3.72. The molecule has 0 aromatic carbocycles. The van der Waals surface area contributed by atoms with Crippen molar-refractivity contribution in [2.75, 3.05) is 20.7 Å². The van der Waals surface area contributed by atoms with Gasteiger partial charge in [0.2, 0.25) is 0 Å². The van der Waals surface area contributed by atoms with Gasteiger partial charge in [0.15, 0.2) is 0 Å². The number of carbonyl (C=O) groups excluding carboxylic acids is 2. The van der Waals surface area contributed by atoms with Crippen LogP contribution in [-0.2, 0) is 9.53 Å². The van der Waals surface area contributed by atoms with Crippen LogP contribution in [0.3, 0.4) is 0 Å². The Morgan fingerprint density at radius 1 is 1.38 bits per heavy atom. The topological polar surface area (TPSA) is 85.5 Å². The van der Waals surface area contributed by atoms with E-state index in [0.29, 0.717) is 35.3 Å². The first-order valence-electron chi connectivity index (χ1n) is 7.94. The van der Waals surface area contributed by atoms with Crippen molar-refractivity contribution in [3.05, 3.63) is 23.0 Å². The van der Waals surface area contributed by atoms with Crippen LogP contribution in [-0.4, -0.2) is 47.6 Å². The Kier molecular flexibility index (Phi) is 5.54. The minimum atomic E-state index is -0.279. The molecular weight excluding hydrogens is 310 g/mol. The van der Waals surface area contributed by atoms with Crippen molar-refractivity contribution >= 4 is 23.0 Å². The Morgan fingerprint density at radius 3 is 2.71 bits per heavy atom. The number of ether oxygens (including phenoxy) is 1. The lowest BCUT2D eigenvalue weighted by Gasteiger charge is -2.18. The third-order valence-electron chi connectivity index (χ3n) is 3.91. The second-order valence-corrected chi connectivity index (χ2v) is 6.10. The smallest absolute Gasteiger partial charge is 0.305 e. The molecule has 0 aliphatic carbocycles. The summed E-state index contributed by atoms with van der Waals surface area (Å²) in [6, 6.07) is 1.80. The number of carbonyl (C=O) groups is 2. The zero-order valence-corrected chi connectivity index (χ0v) is 14.8. The summed E-state index contributed by atoms with van der Waals surface area (Å²) in [4.78, 5) is 30.0. The van der Waals surface area contributed by atoms with Gasteiger partial charge in [-0.05, 0) is 25.3 Å². The molecule has 2 aromatic heterocycles. The van der Waals surface area contributed by atoms with Crippen LogP contribution in [0.15, 0.2) is 10.6 Å². The zero-order valence-electron chi connectivity index (χ0n) is 14.8. The fourth-order valence-electron chi connectivity index (χ4n) is 2.45. The van der Waals surface area contributed by atoms with Crippen LogP contribution in [0.25, 0.3) is 11.1 Å². The molecule has 0 N–H and O–H groups in total. The highest BCUT2D eigenvalue weighted by molar-refractivity contribution is 6.06. The van der Waals surface area contributed by atoms with Crippen molar-refractivity contribution in [2.24, 2.45) is 0 Å². The predicted octanol–water partition coefficient (Wildman–Crippen LogP) is 2.68. The molecule has 0 bridgehead atoms. The monoisotopic (exact) mass is 333 g/mol. The lowest BCUT2D eigenvalue weighted by molar-refractivity contribution is -0.140. The molecule has 0 aliphatic heterocycles. The lowest BCUT2D eigenvalue weighted by Crippen LogP contribution is -2.28. The van der Waals surface area contributed by atoms with E-state index in [1.165, 1.54) is 7.11 Å². The van der Waals surface area contributed by atoms with Crippen molar-refractivity contribution in [3.8, 4) is 0 Å². The standard InChI is InChI=1S/C17H23N3O4/c1-10(2)13-9-12(15-11(3)19-24-16(15)18-13)17(22)20(4)8-6-7-14(21)23-5/h9-10H,6-8H2,1-5H3. The first kappa shape index (κ1) is 17.9. The van der Waals surface area contributed by atoms with E-state index in [1.807, 2.05) is 13.8 Å². The maximum atomic E-state index is 12.8. The number of esters is 1. The van der Waals surface area contributed by atoms with Crippen molar-refractivity contribution in [2.45, 2.75) is 39.5 Å². The fourth-order valence-corrected chi connectivity index (χ4v) is 2.45. The zero-order chi connectivity index (χ0) is 17.9. The van der Waals surface area contributed by atoms with Crippen LogP contribution in [0.2, 0.25) is 0 Å². The van der Waals surface area contributed by atoms with Gasteiger partial charge in [-0.3, -0.25) is 9.59 Å². The van der Waals surface area contributed by atoms with Gasteiger partial charge in [0.05, 0.1) is 23.8 Å². The molecule has 0 atom stereocenters.